The van der Waals surface area contributed by atoms with E-state index in [-0.39, 0.29) is 5.82 Å². The molecule has 1 aromatic carbocycles. The van der Waals surface area contributed by atoms with E-state index in [9.17, 15) is 4.39 Å². The predicted molar refractivity (Wildman–Crippen MR) is 95.6 cm³/mol. The maximum atomic E-state index is 13.4. The second-order valence-corrected chi connectivity index (χ2v) is 6.59. The van der Waals surface area contributed by atoms with Crippen molar-refractivity contribution in [2.45, 2.75) is 18.9 Å². The Hall–Kier alpha value is -2.47. The molecule has 0 spiro atoms. The molecule has 2 aromatic rings. The number of hydrogen-bond acceptors (Lipinski definition) is 5. The highest BCUT2D eigenvalue weighted by Crippen LogP contribution is 2.38. The SMILES string of the molecule is CN1CN(C2CCNCC2)C(c2ccncn2)=C1c1ccc(F)cc1. The third kappa shape index (κ3) is 3.09. The first kappa shape index (κ1) is 16.0. The first-order chi connectivity index (χ1) is 12.2. The van der Waals surface area contributed by atoms with Crippen molar-refractivity contribution in [2.24, 2.45) is 0 Å². The quantitative estimate of drug-likeness (QED) is 0.930. The van der Waals surface area contributed by atoms with Crippen LogP contribution in [-0.4, -0.2) is 52.6 Å². The van der Waals surface area contributed by atoms with Gasteiger partial charge in [0.2, 0.25) is 0 Å². The Morgan fingerprint density at radius 2 is 1.84 bits per heavy atom. The van der Waals surface area contributed by atoms with E-state index in [1.54, 1.807) is 12.5 Å². The summed E-state index contributed by atoms with van der Waals surface area (Å²) in [7, 11) is 2.08. The normalized spacial score (nSPS) is 19.0. The minimum Gasteiger partial charge on any atom is -0.355 e. The second kappa shape index (κ2) is 6.80. The first-order valence-corrected chi connectivity index (χ1v) is 8.69. The molecule has 2 aliphatic rings. The molecular formula is C19H22FN5. The van der Waals surface area contributed by atoms with Crippen molar-refractivity contribution in [3.05, 3.63) is 59.9 Å². The highest BCUT2D eigenvalue weighted by atomic mass is 19.1. The van der Waals surface area contributed by atoms with Gasteiger partial charge in [-0.15, -0.1) is 0 Å². The molecule has 0 atom stereocenters. The van der Waals surface area contributed by atoms with Crippen molar-refractivity contribution in [2.75, 3.05) is 26.8 Å². The number of aromatic nitrogens is 2. The molecule has 5 nitrogen and oxygen atoms in total. The van der Waals surface area contributed by atoms with E-state index in [4.69, 9.17) is 0 Å². The summed E-state index contributed by atoms with van der Waals surface area (Å²) in [5, 5.41) is 3.43. The number of nitrogens with one attached hydrogen (secondary N) is 1. The van der Waals surface area contributed by atoms with Gasteiger partial charge < -0.3 is 15.1 Å². The Bertz CT molecular complexity index is 753. The van der Waals surface area contributed by atoms with Gasteiger partial charge in [0.15, 0.2) is 0 Å². The molecule has 3 heterocycles. The van der Waals surface area contributed by atoms with Crippen LogP contribution >= 0.6 is 0 Å². The molecule has 4 rings (SSSR count). The van der Waals surface area contributed by atoms with Crippen LogP contribution in [0.3, 0.4) is 0 Å². The summed E-state index contributed by atoms with van der Waals surface area (Å²) in [6.45, 7) is 2.89. The summed E-state index contributed by atoms with van der Waals surface area (Å²) in [5.74, 6) is -0.219. The lowest BCUT2D eigenvalue weighted by Crippen LogP contribution is -2.42. The molecule has 1 fully saturated rings. The van der Waals surface area contributed by atoms with Crippen molar-refractivity contribution < 1.29 is 4.39 Å². The van der Waals surface area contributed by atoms with E-state index < -0.39 is 0 Å². The summed E-state index contributed by atoms with van der Waals surface area (Å²) in [5.41, 5.74) is 4.13. The molecule has 2 aliphatic heterocycles. The van der Waals surface area contributed by atoms with E-state index >= 15 is 0 Å². The molecule has 130 valence electrons. The van der Waals surface area contributed by atoms with Gasteiger partial charge in [0.1, 0.15) is 12.1 Å². The number of halogens is 1. The lowest BCUT2D eigenvalue weighted by atomic mass is 10.0. The molecule has 6 heteroatoms. The lowest BCUT2D eigenvalue weighted by Gasteiger charge is -2.34. The highest BCUT2D eigenvalue weighted by Gasteiger charge is 2.34. The summed E-state index contributed by atoms with van der Waals surface area (Å²) < 4.78 is 13.4. The topological polar surface area (TPSA) is 44.3 Å². The summed E-state index contributed by atoms with van der Waals surface area (Å²) in [6, 6.07) is 9.14. The number of rotatable bonds is 3. The van der Waals surface area contributed by atoms with Gasteiger partial charge in [0.25, 0.3) is 0 Å². The molecule has 1 saturated heterocycles. The zero-order chi connectivity index (χ0) is 17.2. The molecule has 1 N–H and O–H groups in total. The monoisotopic (exact) mass is 339 g/mol. The Labute approximate surface area is 147 Å². The van der Waals surface area contributed by atoms with Gasteiger partial charge >= 0.3 is 0 Å². The standard InChI is InChI=1S/C19H22FN5/c1-24-13-25(16-6-9-21-10-7-16)19(17-8-11-22-12-23-17)18(24)14-2-4-15(20)5-3-14/h2-5,8,11-12,16,21H,6-7,9-10,13H2,1H3. The van der Waals surface area contributed by atoms with Gasteiger partial charge in [-0.05, 0) is 56.3 Å². The van der Waals surface area contributed by atoms with Crippen LogP contribution in [0.1, 0.15) is 24.1 Å². The van der Waals surface area contributed by atoms with Crippen LogP contribution in [0.25, 0.3) is 11.4 Å². The minimum absolute atomic E-state index is 0.219. The second-order valence-electron chi connectivity index (χ2n) is 6.59. The van der Waals surface area contributed by atoms with Crippen LogP contribution in [0.4, 0.5) is 4.39 Å². The molecule has 0 saturated carbocycles. The average molecular weight is 339 g/mol. The van der Waals surface area contributed by atoms with Crippen LogP contribution in [0.15, 0.2) is 42.9 Å². The largest absolute Gasteiger partial charge is 0.355 e. The zero-order valence-corrected chi connectivity index (χ0v) is 14.3. The molecule has 0 bridgehead atoms. The molecule has 0 unspecified atom stereocenters. The van der Waals surface area contributed by atoms with Gasteiger partial charge in [-0.1, -0.05) is 0 Å². The summed E-state index contributed by atoms with van der Waals surface area (Å²) in [4.78, 5) is 13.2. The molecule has 0 radical (unpaired) electrons. The van der Waals surface area contributed by atoms with Gasteiger partial charge in [-0.2, -0.15) is 0 Å². The first-order valence-electron chi connectivity index (χ1n) is 8.69. The highest BCUT2D eigenvalue weighted by molar-refractivity contribution is 5.89. The van der Waals surface area contributed by atoms with E-state index in [1.165, 1.54) is 12.1 Å². The maximum absolute atomic E-state index is 13.4. The lowest BCUT2D eigenvalue weighted by molar-refractivity contribution is 0.206. The van der Waals surface area contributed by atoms with Crippen LogP contribution < -0.4 is 5.32 Å². The number of nitrogens with zero attached hydrogens (tertiary/aromatic N) is 4. The van der Waals surface area contributed by atoms with Crippen LogP contribution in [0.5, 0.6) is 0 Å². The Morgan fingerprint density at radius 3 is 2.52 bits per heavy atom. The number of benzene rings is 1. The van der Waals surface area contributed by atoms with Gasteiger partial charge in [-0.3, -0.25) is 0 Å². The molecular weight excluding hydrogens is 317 g/mol. The fourth-order valence-corrected chi connectivity index (χ4v) is 3.77. The fraction of sp³-hybridized carbons (Fsp3) is 0.368. The third-order valence-corrected chi connectivity index (χ3v) is 4.95. The van der Waals surface area contributed by atoms with Crippen molar-refractivity contribution in [3.63, 3.8) is 0 Å². The van der Waals surface area contributed by atoms with Crippen molar-refractivity contribution in [1.29, 1.82) is 0 Å². The molecule has 1 aromatic heterocycles. The Balaban J connectivity index is 1.82. The molecule has 0 aliphatic carbocycles. The van der Waals surface area contributed by atoms with Crippen LogP contribution in [-0.2, 0) is 0 Å². The van der Waals surface area contributed by atoms with Crippen LogP contribution in [0, 0.1) is 5.82 Å². The average Bonchev–Trinajstić information content (AvgIpc) is 3.01. The predicted octanol–water partition coefficient (Wildman–Crippen LogP) is 2.40. The number of hydrogen-bond donors (Lipinski definition) is 1. The van der Waals surface area contributed by atoms with Crippen molar-refractivity contribution in [1.82, 2.24) is 25.1 Å². The zero-order valence-electron chi connectivity index (χ0n) is 14.3. The van der Waals surface area contributed by atoms with E-state index in [0.29, 0.717) is 6.04 Å². The van der Waals surface area contributed by atoms with Crippen molar-refractivity contribution >= 4 is 11.4 Å². The van der Waals surface area contributed by atoms with E-state index in [2.05, 4.69) is 32.1 Å². The third-order valence-electron chi connectivity index (χ3n) is 4.95. The Kier molecular flexibility index (Phi) is 4.36. The van der Waals surface area contributed by atoms with Gasteiger partial charge in [-0.25, -0.2) is 14.4 Å². The van der Waals surface area contributed by atoms with E-state index in [0.717, 1.165) is 55.3 Å². The molecule has 0 amide bonds. The van der Waals surface area contributed by atoms with Crippen molar-refractivity contribution in [3.8, 4) is 0 Å². The summed E-state index contributed by atoms with van der Waals surface area (Å²) in [6.07, 6.45) is 5.58. The smallest absolute Gasteiger partial charge is 0.123 e. The fourth-order valence-electron chi connectivity index (χ4n) is 3.77. The maximum Gasteiger partial charge on any atom is 0.123 e. The van der Waals surface area contributed by atoms with E-state index in [1.807, 2.05) is 18.2 Å². The number of piperidine rings is 1. The Morgan fingerprint density at radius 1 is 1.08 bits per heavy atom. The summed E-state index contributed by atoms with van der Waals surface area (Å²) >= 11 is 0. The molecule has 25 heavy (non-hydrogen) atoms. The minimum atomic E-state index is -0.219. The van der Waals surface area contributed by atoms with Gasteiger partial charge in [0.05, 0.1) is 23.8 Å². The van der Waals surface area contributed by atoms with Crippen LogP contribution in [0.2, 0.25) is 0 Å². The van der Waals surface area contributed by atoms with Gasteiger partial charge in [0, 0.05) is 24.8 Å².